The Kier molecular flexibility index (Phi) is 8.82. The molecule has 0 aromatic heterocycles. The Labute approximate surface area is 144 Å². The number of ether oxygens (including phenoxy) is 1. The SMILES string of the molecule is CSCCNCc1ccc(OC[C@H](O)CN2CCCCC2)cc1. The van der Waals surface area contributed by atoms with Crippen LogP contribution in [0.5, 0.6) is 5.75 Å². The number of nitrogens with zero attached hydrogens (tertiary/aromatic N) is 1. The summed E-state index contributed by atoms with van der Waals surface area (Å²) in [5.41, 5.74) is 1.26. The highest BCUT2D eigenvalue weighted by atomic mass is 32.2. The van der Waals surface area contributed by atoms with Gasteiger partial charge in [0, 0.05) is 25.4 Å². The summed E-state index contributed by atoms with van der Waals surface area (Å²) in [6.07, 6.45) is 5.52. The van der Waals surface area contributed by atoms with E-state index in [2.05, 4.69) is 28.6 Å². The van der Waals surface area contributed by atoms with E-state index in [-0.39, 0.29) is 0 Å². The number of thioether (sulfide) groups is 1. The van der Waals surface area contributed by atoms with Gasteiger partial charge < -0.3 is 20.1 Å². The predicted octanol–water partition coefficient (Wildman–Crippen LogP) is 2.36. The summed E-state index contributed by atoms with van der Waals surface area (Å²) in [6.45, 7) is 5.21. The van der Waals surface area contributed by atoms with E-state index in [1.54, 1.807) is 0 Å². The number of rotatable bonds is 10. The van der Waals surface area contributed by atoms with Crippen molar-refractivity contribution in [2.45, 2.75) is 31.9 Å². The highest BCUT2D eigenvalue weighted by molar-refractivity contribution is 7.98. The summed E-state index contributed by atoms with van der Waals surface area (Å²) in [4.78, 5) is 2.33. The molecule has 2 N–H and O–H groups in total. The van der Waals surface area contributed by atoms with Gasteiger partial charge in [0.2, 0.25) is 0 Å². The molecule has 130 valence electrons. The van der Waals surface area contributed by atoms with Gasteiger partial charge in [0.1, 0.15) is 18.5 Å². The molecule has 1 fully saturated rings. The molecule has 4 nitrogen and oxygen atoms in total. The molecule has 5 heteroatoms. The lowest BCUT2D eigenvalue weighted by atomic mass is 10.1. The van der Waals surface area contributed by atoms with Crippen LogP contribution in [0.25, 0.3) is 0 Å². The number of likely N-dealkylation sites (tertiary alicyclic amines) is 1. The van der Waals surface area contributed by atoms with Gasteiger partial charge in [0.25, 0.3) is 0 Å². The second kappa shape index (κ2) is 10.9. The van der Waals surface area contributed by atoms with Gasteiger partial charge in [-0.05, 0) is 49.9 Å². The van der Waals surface area contributed by atoms with Crippen LogP contribution >= 0.6 is 11.8 Å². The zero-order valence-electron chi connectivity index (χ0n) is 14.2. The molecule has 0 saturated carbocycles. The number of aliphatic hydroxyl groups is 1. The van der Waals surface area contributed by atoms with Gasteiger partial charge in [-0.3, -0.25) is 0 Å². The highest BCUT2D eigenvalue weighted by Crippen LogP contribution is 2.13. The van der Waals surface area contributed by atoms with Crippen LogP contribution in [0.1, 0.15) is 24.8 Å². The molecule has 1 aliphatic rings. The maximum atomic E-state index is 10.1. The topological polar surface area (TPSA) is 44.7 Å². The van der Waals surface area contributed by atoms with Crippen LogP contribution in [0.3, 0.4) is 0 Å². The quantitative estimate of drug-likeness (QED) is 0.641. The first-order chi connectivity index (χ1) is 11.3. The van der Waals surface area contributed by atoms with Crippen molar-refractivity contribution in [1.82, 2.24) is 10.2 Å². The Balaban J connectivity index is 1.64. The van der Waals surface area contributed by atoms with Crippen LogP contribution in [-0.4, -0.2) is 60.9 Å². The van der Waals surface area contributed by atoms with Crippen molar-refractivity contribution >= 4 is 11.8 Å². The van der Waals surface area contributed by atoms with E-state index >= 15 is 0 Å². The summed E-state index contributed by atoms with van der Waals surface area (Å²) in [6, 6.07) is 8.13. The smallest absolute Gasteiger partial charge is 0.119 e. The van der Waals surface area contributed by atoms with Crippen LogP contribution < -0.4 is 10.1 Å². The maximum Gasteiger partial charge on any atom is 0.119 e. The first-order valence-corrected chi connectivity index (χ1v) is 9.99. The van der Waals surface area contributed by atoms with Crippen molar-refractivity contribution in [3.63, 3.8) is 0 Å². The molecule has 1 aromatic carbocycles. The van der Waals surface area contributed by atoms with Crippen LogP contribution in [0.4, 0.5) is 0 Å². The van der Waals surface area contributed by atoms with Crippen LogP contribution in [0.15, 0.2) is 24.3 Å². The van der Waals surface area contributed by atoms with Gasteiger partial charge in [0.15, 0.2) is 0 Å². The van der Waals surface area contributed by atoms with Gasteiger partial charge in [-0.25, -0.2) is 0 Å². The molecule has 0 aliphatic carbocycles. The Morgan fingerprint density at radius 3 is 2.65 bits per heavy atom. The number of piperidine rings is 1. The van der Waals surface area contributed by atoms with Gasteiger partial charge in [-0.15, -0.1) is 0 Å². The number of aliphatic hydroxyl groups excluding tert-OH is 1. The molecular weight excluding hydrogens is 308 g/mol. The van der Waals surface area contributed by atoms with Crippen LogP contribution in [0, 0.1) is 0 Å². The minimum absolute atomic E-state index is 0.363. The normalized spacial score (nSPS) is 17.1. The zero-order valence-corrected chi connectivity index (χ0v) is 15.0. The average molecular weight is 339 g/mol. The molecule has 0 bridgehead atoms. The van der Waals surface area contributed by atoms with E-state index in [1.165, 1.54) is 24.8 Å². The standard InChI is InChI=1S/C18H30N2O2S/c1-23-12-9-19-13-16-5-7-18(8-6-16)22-15-17(21)14-20-10-3-2-4-11-20/h5-8,17,19,21H,2-4,9-15H2,1H3/t17-/m1/s1. The lowest BCUT2D eigenvalue weighted by Gasteiger charge is -2.28. The first kappa shape index (κ1) is 18.6. The van der Waals surface area contributed by atoms with E-state index in [9.17, 15) is 5.11 Å². The highest BCUT2D eigenvalue weighted by Gasteiger charge is 2.14. The molecule has 23 heavy (non-hydrogen) atoms. The number of hydrogen-bond acceptors (Lipinski definition) is 5. The molecule has 0 amide bonds. The van der Waals surface area contributed by atoms with Gasteiger partial charge in [-0.2, -0.15) is 11.8 Å². The Morgan fingerprint density at radius 2 is 1.96 bits per heavy atom. The lowest BCUT2D eigenvalue weighted by molar-refractivity contribution is 0.0617. The maximum absolute atomic E-state index is 10.1. The second-order valence-electron chi connectivity index (χ2n) is 6.14. The molecule has 0 radical (unpaired) electrons. The molecule has 1 atom stereocenters. The number of nitrogens with one attached hydrogen (secondary N) is 1. The van der Waals surface area contributed by atoms with E-state index in [4.69, 9.17) is 4.74 Å². The largest absolute Gasteiger partial charge is 0.491 e. The summed E-state index contributed by atoms with van der Waals surface area (Å²) in [7, 11) is 0. The monoisotopic (exact) mass is 338 g/mol. The van der Waals surface area contributed by atoms with E-state index in [1.807, 2.05) is 23.9 Å². The summed E-state index contributed by atoms with van der Waals surface area (Å²) >= 11 is 1.85. The molecular formula is C18H30N2O2S. The summed E-state index contributed by atoms with van der Waals surface area (Å²) in [5.74, 6) is 1.96. The Morgan fingerprint density at radius 1 is 1.22 bits per heavy atom. The van der Waals surface area contributed by atoms with Crippen molar-refractivity contribution in [3.05, 3.63) is 29.8 Å². The molecule has 0 spiro atoms. The number of β-amino-alcohol motifs (C(OH)–C–C–N with tert-alkyl or cyclic N) is 1. The van der Waals surface area contributed by atoms with E-state index in [0.717, 1.165) is 44.2 Å². The Hall–Kier alpha value is -0.750. The lowest BCUT2D eigenvalue weighted by Crippen LogP contribution is -2.38. The molecule has 1 saturated heterocycles. The molecule has 1 aromatic rings. The van der Waals surface area contributed by atoms with E-state index < -0.39 is 6.10 Å². The van der Waals surface area contributed by atoms with Crippen molar-refractivity contribution in [2.24, 2.45) is 0 Å². The zero-order chi connectivity index (χ0) is 16.3. The third-order valence-electron chi connectivity index (χ3n) is 4.10. The summed E-state index contributed by atoms with van der Waals surface area (Å²) in [5, 5.41) is 13.5. The van der Waals surface area contributed by atoms with Crippen LogP contribution in [-0.2, 0) is 6.54 Å². The Bertz CT molecular complexity index is 422. The van der Waals surface area contributed by atoms with Crippen molar-refractivity contribution in [1.29, 1.82) is 0 Å². The van der Waals surface area contributed by atoms with Crippen LogP contribution in [0.2, 0.25) is 0 Å². The molecule has 0 unspecified atom stereocenters. The fraction of sp³-hybridized carbons (Fsp3) is 0.667. The number of benzene rings is 1. The van der Waals surface area contributed by atoms with Gasteiger partial charge in [-0.1, -0.05) is 18.6 Å². The fourth-order valence-corrected chi connectivity index (χ4v) is 3.14. The van der Waals surface area contributed by atoms with Crippen molar-refractivity contribution < 1.29 is 9.84 Å². The number of hydrogen-bond donors (Lipinski definition) is 2. The minimum atomic E-state index is -0.416. The fourth-order valence-electron chi connectivity index (χ4n) is 2.80. The molecule has 2 rings (SSSR count). The third-order valence-corrected chi connectivity index (χ3v) is 4.71. The second-order valence-corrected chi connectivity index (χ2v) is 7.13. The average Bonchev–Trinajstić information content (AvgIpc) is 2.59. The van der Waals surface area contributed by atoms with Crippen molar-refractivity contribution in [3.8, 4) is 5.75 Å². The summed E-state index contributed by atoms with van der Waals surface area (Å²) < 4.78 is 5.71. The van der Waals surface area contributed by atoms with E-state index in [0.29, 0.717) is 6.61 Å². The third kappa shape index (κ3) is 7.57. The first-order valence-electron chi connectivity index (χ1n) is 8.60. The van der Waals surface area contributed by atoms with Crippen molar-refractivity contribution in [2.75, 3.05) is 44.8 Å². The molecule has 1 heterocycles. The predicted molar refractivity (Wildman–Crippen MR) is 98.3 cm³/mol. The van der Waals surface area contributed by atoms with Gasteiger partial charge in [0.05, 0.1) is 0 Å². The van der Waals surface area contributed by atoms with Gasteiger partial charge >= 0.3 is 0 Å². The minimum Gasteiger partial charge on any atom is -0.491 e. The molecule has 1 aliphatic heterocycles.